The predicted octanol–water partition coefficient (Wildman–Crippen LogP) is 2.45. The molecule has 0 N–H and O–H groups in total. The molecule has 0 saturated carbocycles. The Labute approximate surface area is 163 Å². The third-order valence-electron chi connectivity index (χ3n) is 5.36. The number of hydrogen-bond acceptors (Lipinski definition) is 4. The summed E-state index contributed by atoms with van der Waals surface area (Å²) in [6.07, 6.45) is 2.63. The van der Waals surface area contributed by atoms with Crippen LogP contribution in [0, 0.1) is 5.92 Å². The van der Waals surface area contributed by atoms with E-state index < -0.39 is 9.84 Å². The van der Waals surface area contributed by atoms with E-state index in [0.717, 1.165) is 18.7 Å². The molecule has 0 spiro atoms. The summed E-state index contributed by atoms with van der Waals surface area (Å²) in [4.78, 5) is 16.7. The van der Waals surface area contributed by atoms with Crippen molar-refractivity contribution in [2.45, 2.75) is 39.3 Å². The van der Waals surface area contributed by atoms with Crippen LogP contribution in [0.4, 0.5) is 0 Å². The van der Waals surface area contributed by atoms with Gasteiger partial charge in [0, 0.05) is 32.1 Å². The van der Waals surface area contributed by atoms with Crippen molar-refractivity contribution in [3.05, 3.63) is 41.5 Å². The number of fused-ring (bicyclic) bond motifs is 1. The first-order valence-electron chi connectivity index (χ1n) is 9.71. The van der Waals surface area contributed by atoms with E-state index in [1.807, 2.05) is 36.9 Å². The van der Waals surface area contributed by atoms with Crippen LogP contribution in [0.2, 0.25) is 0 Å². The molecule has 0 radical (unpaired) electrons. The lowest BCUT2D eigenvalue weighted by Crippen LogP contribution is -2.60. The van der Waals surface area contributed by atoms with E-state index in [9.17, 15) is 13.2 Å². The summed E-state index contributed by atoms with van der Waals surface area (Å²) in [5.74, 6) is 0.623. The lowest BCUT2D eigenvalue weighted by molar-refractivity contribution is -0.137. The second-order valence-corrected chi connectivity index (χ2v) is 10.4. The molecule has 1 aromatic carbocycles. The Bertz CT molecular complexity index is 802. The van der Waals surface area contributed by atoms with Crippen LogP contribution in [0.15, 0.2) is 35.9 Å². The lowest BCUT2D eigenvalue weighted by atomic mass is 10.0. The molecule has 1 aromatic rings. The molecule has 2 aliphatic rings. The Morgan fingerprint density at radius 1 is 1.15 bits per heavy atom. The number of carbonyl (C=O) groups is 1. The van der Waals surface area contributed by atoms with Gasteiger partial charge in [0.2, 0.25) is 5.91 Å². The molecule has 3 rings (SSSR count). The quantitative estimate of drug-likeness (QED) is 0.775. The van der Waals surface area contributed by atoms with E-state index in [0.29, 0.717) is 13.0 Å². The summed E-state index contributed by atoms with van der Waals surface area (Å²) in [5, 5.41) is 0. The minimum atomic E-state index is -3.11. The van der Waals surface area contributed by atoms with Crippen molar-refractivity contribution in [3.8, 4) is 0 Å². The number of sulfone groups is 1. The average molecular weight is 391 g/mol. The van der Waals surface area contributed by atoms with E-state index in [-0.39, 0.29) is 35.4 Å². The number of piperazine rings is 1. The van der Waals surface area contributed by atoms with Gasteiger partial charge < -0.3 is 4.90 Å². The van der Waals surface area contributed by atoms with Crippen LogP contribution in [0.1, 0.15) is 32.8 Å². The molecular weight excluding hydrogens is 360 g/mol. The standard InChI is InChI=1S/C21H30N2O3S/c1-16(2)11-21(24)23-10-9-22(19-14-27(25,26)15-20(19)23)13-17(3)12-18-7-5-4-6-8-18/h4-8,12,16,19-20H,9-11,13-15H2,1-3H3/t19-,20+/m0/s1. The number of nitrogens with zero attached hydrogens (tertiary/aromatic N) is 2. The summed E-state index contributed by atoms with van der Waals surface area (Å²) < 4.78 is 24.7. The van der Waals surface area contributed by atoms with E-state index in [4.69, 9.17) is 0 Å². The highest BCUT2D eigenvalue weighted by Crippen LogP contribution is 2.28. The molecule has 2 fully saturated rings. The first kappa shape index (κ1) is 20.1. The normalized spacial score (nSPS) is 25.6. The molecule has 0 unspecified atom stereocenters. The van der Waals surface area contributed by atoms with E-state index in [1.165, 1.54) is 5.57 Å². The Kier molecular flexibility index (Phi) is 6.06. The van der Waals surface area contributed by atoms with Gasteiger partial charge in [0.05, 0.1) is 17.5 Å². The lowest BCUT2D eigenvalue weighted by Gasteiger charge is -2.44. The molecule has 2 heterocycles. The van der Waals surface area contributed by atoms with Crippen molar-refractivity contribution in [1.29, 1.82) is 0 Å². The van der Waals surface area contributed by atoms with Gasteiger partial charge in [-0.1, -0.05) is 55.8 Å². The average Bonchev–Trinajstić information content (AvgIpc) is 2.90. The van der Waals surface area contributed by atoms with Crippen molar-refractivity contribution in [2.75, 3.05) is 31.1 Å². The van der Waals surface area contributed by atoms with Gasteiger partial charge in [-0.25, -0.2) is 8.42 Å². The van der Waals surface area contributed by atoms with E-state index >= 15 is 0 Å². The summed E-state index contributed by atoms with van der Waals surface area (Å²) in [5.41, 5.74) is 2.35. The van der Waals surface area contributed by atoms with Gasteiger partial charge in [0.1, 0.15) is 0 Å². The van der Waals surface area contributed by atoms with Gasteiger partial charge in [0.25, 0.3) is 0 Å². The number of hydrogen-bond donors (Lipinski definition) is 0. The number of carbonyl (C=O) groups excluding carboxylic acids is 1. The maximum absolute atomic E-state index is 12.6. The van der Waals surface area contributed by atoms with Crippen molar-refractivity contribution in [3.63, 3.8) is 0 Å². The van der Waals surface area contributed by atoms with Gasteiger partial charge in [0.15, 0.2) is 9.84 Å². The minimum Gasteiger partial charge on any atom is -0.336 e. The molecule has 5 nitrogen and oxygen atoms in total. The molecule has 1 amide bonds. The largest absolute Gasteiger partial charge is 0.336 e. The van der Waals surface area contributed by atoms with Crippen molar-refractivity contribution in [1.82, 2.24) is 9.80 Å². The Morgan fingerprint density at radius 2 is 1.81 bits per heavy atom. The van der Waals surface area contributed by atoms with Crippen molar-refractivity contribution >= 4 is 21.8 Å². The maximum atomic E-state index is 12.6. The first-order chi connectivity index (χ1) is 12.7. The van der Waals surface area contributed by atoms with Crippen molar-refractivity contribution in [2.24, 2.45) is 5.92 Å². The van der Waals surface area contributed by atoms with Gasteiger partial charge >= 0.3 is 0 Å². The molecule has 6 heteroatoms. The van der Waals surface area contributed by atoms with Gasteiger partial charge in [-0.05, 0) is 18.4 Å². The van der Waals surface area contributed by atoms with Crippen LogP contribution in [-0.4, -0.2) is 67.3 Å². The van der Waals surface area contributed by atoms with Crippen LogP contribution >= 0.6 is 0 Å². The van der Waals surface area contributed by atoms with Gasteiger partial charge in [-0.15, -0.1) is 0 Å². The molecule has 27 heavy (non-hydrogen) atoms. The number of rotatable bonds is 5. The smallest absolute Gasteiger partial charge is 0.223 e. The van der Waals surface area contributed by atoms with Crippen LogP contribution in [0.25, 0.3) is 6.08 Å². The second kappa shape index (κ2) is 8.15. The van der Waals surface area contributed by atoms with Gasteiger partial charge in [-0.2, -0.15) is 0 Å². The molecule has 2 saturated heterocycles. The summed E-state index contributed by atoms with van der Waals surface area (Å²) in [6, 6.07) is 9.84. The van der Waals surface area contributed by atoms with Crippen molar-refractivity contribution < 1.29 is 13.2 Å². The highest BCUT2D eigenvalue weighted by atomic mass is 32.2. The van der Waals surface area contributed by atoms with Crippen LogP contribution in [-0.2, 0) is 14.6 Å². The minimum absolute atomic E-state index is 0.0910. The molecule has 0 aromatic heterocycles. The summed E-state index contributed by atoms with van der Waals surface area (Å²) in [7, 11) is -3.11. The highest BCUT2D eigenvalue weighted by Gasteiger charge is 2.47. The first-order valence-corrected chi connectivity index (χ1v) is 11.5. The fourth-order valence-electron chi connectivity index (χ4n) is 4.20. The molecule has 2 aliphatic heterocycles. The fraction of sp³-hybridized carbons (Fsp3) is 0.571. The highest BCUT2D eigenvalue weighted by molar-refractivity contribution is 7.91. The topological polar surface area (TPSA) is 57.7 Å². The SMILES string of the molecule is CC(=Cc1ccccc1)CN1CCN(C(=O)CC(C)C)[C@@H]2CS(=O)(=O)C[C@@H]21. The molecule has 0 aliphatic carbocycles. The zero-order chi connectivity index (χ0) is 19.6. The second-order valence-electron chi connectivity index (χ2n) is 8.27. The summed E-state index contributed by atoms with van der Waals surface area (Å²) >= 11 is 0. The zero-order valence-corrected chi connectivity index (χ0v) is 17.3. The molecule has 2 atom stereocenters. The fourth-order valence-corrected chi connectivity index (χ4v) is 6.21. The zero-order valence-electron chi connectivity index (χ0n) is 16.5. The van der Waals surface area contributed by atoms with Crippen LogP contribution in [0.3, 0.4) is 0 Å². The Balaban J connectivity index is 1.75. The van der Waals surface area contributed by atoms with E-state index in [1.54, 1.807) is 0 Å². The molecular formula is C21H30N2O3S. The number of benzene rings is 1. The number of amides is 1. The Hall–Kier alpha value is -1.66. The monoisotopic (exact) mass is 390 g/mol. The third kappa shape index (κ3) is 4.99. The molecule has 0 bridgehead atoms. The van der Waals surface area contributed by atoms with Crippen LogP contribution in [0.5, 0.6) is 0 Å². The van der Waals surface area contributed by atoms with E-state index in [2.05, 4.69) is 30.0 Å². The predicted molar refractivity (Wildman–Crippen MR) is 109 cm³/mol. The maximum Gasteiger partial charge on any atom is 0.223 e. The van der Waals surface area contributed by atoms with Gasteiger partial charge in [-0.3, -0.25) is 9.69 Å². The Morgan fingerprint density at radius 3 is 2.48 bits per heavy atom. The summed E-state index contributed by atoms with van der Waals surface area (Å²) in [6.45, 7) is 8.20. The third-order valence-corrected chi connectivity index (χ3v) is 7.06. The molecule has 148 valence electrons. The van der Waals surface area contributed by atoms with Crippen LogP contribution < -0.4 is 0 Å².